The molecule has 0 aliphatic heterocycles. The maximum Gasteiger partial charge on any atom is 0.156 e. The Labute approximate surface area is 129 Å². The lowest BCUT2D eigenvalue weighted by atomic mass is 10.2. The van der Waals surface area contributed by atoms with E-state index < -0.39 is 0 Å². The second-order valence-corrected chi connectivity index (χ2v) is 6.04. The molecule has 0 spiro atoms. The number of benzene rings is 1. The van der Waals surface area contributed by atoms with Crippen LogP contribution in [0.1, 0.15) is 33.6 Å². The SMILES string of the molecule is CC(C)(C)ON=CCCCOc1c(Cl)cc(O)cc1Cl. The molecule has 0 aliphatic rings. The van der Waals surface area contributed by atoms with E-state index in [0.29, 0.717) is 22.4 Å². The van der Waals surface area contributed by atoms with Crippen LogP contribution in [0.3, 0.4) is 0 Å². The Morgan fingerprint density at radius 2 is 1.85 bits per heavy atom. The van der Waals surface area contributed by atoms with E-state index in [-0.39, 0.29) is 11.4 Å². The fourth-order valence-electron chi connectivity index (χ4n) is 1.28. The molecular formula is C14H19Cl2NO3. The van der Waals surface area contributed by atoms with Crippen LogP contribution in [-0.2, 0) is 4.84 Å². The Bertz CT molecular complexity index is 447. The van der Waals surface area contributed by atoms with E-state index in [4.69, 9.17) is 32.8 Å². The quantitative estimate of drug-likeness (QED) is 0.471. The molecule has 0 fully saturated rings. The number of phenolic OH excluding ortho intramolecular Hbond substituents is 1. The highest BCUT2D eigenvalue weighted by Gasteiger charge is 2.10. The highest BCUT2D eigenvalue weighted by Crippen LogP contribution is 2.36. The average Bonchev–Trinajstić information content (AvgIpc) is 2.29. The lowest BCUT2D eigenvalue weighted by Gasteiger charge is -2.14. The molecule has 1 rings (SSSR count). The number of unbranched alkanes of at least 4 members (excludes halogenated alkanes) is 1. The van der Waals surface area contributed by atoms with Crippen LogP contribution in [0, 0.1) is 0 Å². The molecule has 20 heavy (non-hydrogen) atoms. The molecule has 4 nitrogen and oxygen atoms in total. The van der Waals surface area contributed by atoms with Gasteiger partial charge in [-0.05, 0) is 33.6 Å². The minimum atomic E-state index is -0.278. The summed E-state index contributed by atoms with van der Waals surface area (Å²) in [6, 6.07) is 2.78. The Hall–Kier alpha value is -1.13. The molecule has 0 aromatic heterocycles. The van der Waals surface area contributed by atoms with E-state index in [0.717, 1.165) is 12.8 Å². The summed E-state index contributed by atoms with van der Waals surface area (Å²) in [6.45, 7) is 6.25. The topological polar surface area (TPSA) is 51.0 Å². The summed E-state index contributed by atoms with van der Waals surface area (Å²) in [7, 11) is 0. The summed E-state index contributed by atoms with van der Waals surface area (Å²) in [5, 5.41) is 13.7. The van der Waals surface area contributed by atoms with E-state index in [2.05, 4.69) is 5.16 Å². The number of halogens is 2. The normalized spacial score (nSPS) is 11.8. The molecule has 1 aromatic carbocycles. The van der Waals surface area contributed by atoms with Crippen LogP contribution >= 0.6 is 23.2 Å². The second-order valence-electron chi connectivity index (χ2n) is 5.22. The van der Waals surface area contributed by atoms with Crippen LogP contribution in [-0.4, -0.2) is 23.5 Å². The summed E-state index contributed by atoms with van der Waals surface area (Å²) >= 11 is 11.9. The van der Waals surface area contributed by atoms with Crippen LogP contribution < -0.4 is 4.74 Å². The summed E-state index contributed by atoms with van der Waals surface area (Å²) in [4.78, 5) is 5.20. The summed E-state index contributed by atoms with van der Waals surface area (Å²) in [5.41, 5.74) is -0.278. The van der Waals surface area contributed by atoms with E-state index in [1.165, 1.54) is 12.1 Å². The van der Waals surface area contributed by atoms with Crippen LogP contribution in [0.25, 0.3) is 0 Å². The van der Waals surface area contributed by atoms with Gasteiger partial charge in [-0.3, -0.25) is 0 Å². The fraction of sp³-hybridized carbons (Fsp3) is 0.500. The summed E-state index contributed by atoms with van der Waals surface area (Å²) in [6.07, 6.45) is 3.18. The highest BCUT2D eigenvalue weighted by atomic mass is 35.5. The summed E-state index contributed by atoms with van der Waals surface area (Å²) in [5.74, 6) is 0.396. The molecule has 0 saturated carbocycles. The Morgan fingerprint density at radius 1 is 1.25 bits per heavy atom. The molecule has 0 amide bonds. The first-order chi connectivity index (χ1) is 9.29. The van der Waals surface area contributed by atoms with Gasteiger partial charge < -0.3 is 14.7 Å². The smallest absolute Gasteiger partial charge is 0.156 e. The molecule has 6 heteroatoms. The zero-order valence-corrected chi connectivity index (χ0v) is 13.3. The third kappa shape index (κ3) is 6.35. The van der Waals surface area contributed by atoms with Gasteiger partial charge in [0.1, 0.15) is 11.4 Å². The first-order valence-corrected chi connectivity index (χ1v) is 7.06. The van der Waals surface area contributed by atoms with Crippen molar-refractivity contribution in [2.24, 2.45) is 5.16 Å². The number of nitrogens with zero attached hydrogens (tertiary/aromatic N) is 1. The first-order valence-electron chi connectivity index (χ1n) is 6.30. The number of rotatable bonds is 6. The lowest BCUT2D eigenvalue weighted by Crippen LogP contribution is -2.15. The monoisotopic (exact) mass is 319 g/mol. The van der Waals surface area contributed by atoms with E-state index in [1.54, 1.807) is 6.21 Å². The van der Waals surface area contributed by atoms with Gasteiger partial charge >= 0.3 is 0 Å². The third-order valence-electron chi connectivity index (χ3n) is 2.11. The molecule has 0 heterocycles. The summed E-state index contributed by atoms with van der Waals surface area (Å²) < 4.78 is 5.49. The maximum atomic E-state index is 9.30. The van der Waals surface area contributed by atoms with Crippen molar-refractivity contribution in [2.45, 2.75) is 39.2 Å². The van der Waals surface area contributed by atoms with Crippen molar-refractivity contribution in [2.75, 3.05) is 6.61 Å². The maximum absolute atomic E-state index is 9.30. The van der Waals surface area contributed by atoms with Gasteiger partial charge in [0.2, 0.25) is 0 Å². The molecule has 0 saturated heterocycles. The van der Waals surface area contributed by atoms with Gasteiger partial charge in [0.25, 0.3) is 0 Å². The van der Waals surface area contributed by atoms with Gasteiger partial charge in [0.05, 0.1) is 16.7 Å². The van der Waals surface area contributed by atoms with E-state index in [9.17, 15) is 5.11 Å². The Kier molecular flexibility index (Phi) is 6.43. The molecule has 1 aromatic rings. The molecule has 1 N–H and O–H groups in total. The zero-order valence-electron chi connectivity index (χ0n) is 11.8. The highest BCUT2D eigenvalue weighted by molar-refractivity contribution is 6.37. The van der Waals surface area contributed by atoms with Gasteiger partial charge in [-0.15, -0.1) is 0 Å². The standard InChI is InChI=1S/C14H19Cl2NO3/c1-14(2,3)20-17-6-4-5-7-19-13-11(15)8-10(18)9-12(13)16/h6,8-9,18H,4-5,7H2,1-3H3. The predicted molar refractivity (Wildman–Crippen MR) is 82.2 cm³/mol. The Balaban J connectivity index is 2.32. The molecule has 0 radical (unpaired) electrons. The molecule has 0 bridgehead atoms. The number of oxime groups is 1. The largest absolute Gasteiger partial charge is 0.508 e. The van der Waals surface area contributed by atoms with Gasteiger partial charge in [-0.25, -0.2) is 0 Å². The Morgan fingerprint density at radius 3 is 2.40 bits per heavy atom. The number of hydrogen-bond acceptors (Lipinski definition) is 4. The molecule has 0 aliphatic carbocycles. The van der Waals surface area contributed by atoms with Crippen LogP contribution in [0.2, 0.25) is 10.0 Å². The van der Waals surface area contributed by atoms with Crippen molar-refractivity contribution in [3.05, 3.63) is 22.2 Å². The number of hydrogen-bond donors (Lipinski definition) is 1. The molecule has 0 atom stereocenters. The minimum Gasteiger partial charge on any atom is -0.508 e. The van der Waals surface area contributed by atoms with Crippen molar-refractivity contribution in [1.29, 1.82) is 0 Å². The molecular weight excluding hydrogens is 301 g/mol. The van der Waals surface area contributed by atoms with Gasteiger partial charge in [0, 0.05) is 18.3 Å². The lowest BCUT2D eigenvalue weighted by molar-refractivity contribution is 0.00155. The zero-order chi connectivity index (χ0) is 15.2. The van der Waals surface area contributed by atoms with Crippen LogP contribution in [0.5, 0.6) is 11.5 Å². The minimum absolute atomic E-state index is 0.0128. The van der Waals surface area contributed by atoms with Crippen molar-refractivity contribution in [3.8, 4) is 11.5 Å². The second kappa shape index (κ2) is 7.60. The van der Waals surface area contributed by atoms with Crippen molar-refractivity contribution in [1.82, 2.24) is 0 Å². The third-order valence-corrected chi connectivity index (χ3v) is 2.67. The van der Waals surface area contributed by atoms with Crippen molar-refractivity contribution >= 4 is 29.4 Å². The number of phenols is 1. The van der Waals surface area contributed by atoms with Gasteiger partial charge in [-0.2, -0.15) is 0 Å². The number of ether oxygens (including phenoxy) is 1. The average molecular weight is 320 g/mol. The molecule has 112 valence electrons. The van der Waals surface area contributed by atoms with Crippen molar-refractivity contribution in [3.63, 3.8) is 0 Å². The van der Waals surface area contributed by atoms with Gasteiger partial charge in [0.15, 0.2) is 5.75 Å². The van der Waals surface area contributed by atoms with E-state index >= 15 is 0 Å². The van der Waals surface area contributed by atoms with Gasteiger partial charge in [-0.1, -0.05) is 28.4 Å². The number of aromatic hydroxyl groups is 1. The van der Waals surface area contributed by atoms with Crippen molar-refractivity contribution < 1.29 is 14.7 Å². The first kappa shape index (κ1) is 16.9. The predicted octanol–water partition coefficient (Wildman–Crippen LogP) is 4.66. The molecule has 0 unspecified atom stereocenters. The fourth-order valence-corrected chi connectivity index (χ4v) is 1.87. The van der Waals surface area contributed by atoms with Crippen LogP contribution in [0.15, 0.2) is 17.3 Å². The van der Waals surface area contributed by atoms with Crippen LogP contribution in [0.4, 0.5) is 0 Å². The van der Waals surface area contributed by atoms with E-state index in [1.807, 2.05) is 20.8 Å².